The number of ether oxygens (including phenoxy) is 1. The van der Waals surface area contributed by atoms with Gasteiger partial charge in [-0.2, -0.15) is 0 Å². The number of fused-ring (bicyclic) bond motifs is 4. The van der Waals surface area contributed by atoms with Crippen molar-refractivity contribution in [3.05, 3.63) is 93.4 Å². The number of hydrogen-bond acceptors (Lipinski definition) is 10. The van der Waals surface area contributed by atoms with Gasteiger partial charge < -0.3 is 19.7 Å². The van der Waals surface area contributed by atoms with Crippen LogP contribution in [0.1, 0.15) is 89.5 Å². The number of alkyl halides is 2. The van der Waals surface area contributed by atoms with Crippen molar-refractivity contribution in [2.24, 2.45) is 17.9 Å². The van der Waals surface area contributed by atoms with Gasteiger partial charge in [0.15, 0.2) is 17.5 Å². The largest absolute Gasteiger partial charge is 0.469 e. The number of imidazole rings is 1. The highest BCUT2D eigenvalue weighted by Crippen LogP contribution is 2.63. The molecule has 11 nitrogen and oxygen atoms in total. The van der Waals surface area contributed by atoms with Crippen LogP contribution in [0.25, 0.3) is 22.2 Å². The lowest BCUT2D eigenvalue weighted by molar-refractivity contribution is -0.152. The molecular weight excluding hydrogens is 740 g/mol. The average Bonchev–Trinajstić information content (AvgIpc) is 3.88. The van der Waals surface area contributed by atoms with Crippen LogP contribution < -0.4 is 5.32 Å². The number of carbonyl (C=O) groups is 2. The summed E-state index contributed by atoms with van der Waals surface area (Å²) in [6.07, 6.45) is 5.38. The van der Waals surface area contributed by atoms with Gasteiger partial charge in [-0.3, -0.25) is 19.5 Å². The number of ketones is 1. The van der Waals surface area contributed by atoms with Crippen molar-refractivity contribution >= 4 is 45.9 Å². The number of nitrogens with zero attached hydrogens (tertiary/aromatic N) is 6. The van der Waals surface area contributed by atoms with E-state index in [1.165, 1.54) is 19.4 Å². The van der Waals surface area contributed by atoms with Gasteiger partial charge in [0.2, 0.25) is 5.78 Å². The molecule has 0 amide bonds. The van der Waals surface area contributed by atoms with Crippen molar-refractivity contribution < 1.29 is 28.2 Å². The highest BCUT2D eigenvalue weighted by Gasteiger charge is 2.58. The maximum atomic E-state index is 13.9. The number of Topliss-reactive ketones (excluding diaryl/α,β-unsaturated/α-hetero) is 1. The fourth-order valence-electron chi connectivity index (χ4n) is 9.30. The summed E-state index contributed by atoms with van der Waals surface area (Å²) in [5.74, 6) is -0.310. The van der Waals surface area contributed by atoms with Gasteiger partial charge in [0.25, 0.3) is 6.43 Å². The van der Waals surface area contributed by atoms with Crippen LogP contribution in [0, 0.1) is 17.8 Å². The second-order valence-corrected chi connectivity index (χ2v) is 16.1. The molecule has 3 aromatic heterocycles. The maximum Gasteiger partial charge on any atom is 0.311 e. The van der Waals surface area contributed by atoms with E-state index >= 15 is 0 Å². The van der Waals surface area contributed by atoms with Crippen LogP contribution in [0.5, 0.6) is 0 Å². The van der Waals surface area contributed by atoms with Gasteiger partial charge in [-0.25, -0.2) is 23.7 Å². The first kappa shape index (κ1) is 38.0. The summed E-state index contributed by atoms with van der Waals surface area (Å²) in [5.41, 5.74) is 6.39. The van der Waals surface area contributed by atoms with Crippen LogP contribution in [0.3, 0.4) is 0 Å². The summed E-state index contributed by atoms with van der Waals surface area (Å²) in [6.45, 7) is 4.09. The third-order valence-corrected chi connectivity index (χ3v) is 12.9. The number of aromatic nitrogens is 5. The molecule has 1 aliphatic heterocycles. The standard InChI is InChI=1S/C42H44ClF2N7O4/c1-24-27(7-5-9-29(24)47-37-35-30(18-25(22-53)20-46-35)48-38(50-37)36(44)45)28-8-4-6-26(34(28)43)19-33(54)39-49-31-21-52(16-10-32(31)51(39)2)17-15-41-11-13-42(23-41,14-12-41)40(55)56-3/h4-9,18,20,36,53H,10-17,19,21-23H2,1-3H3,(H,47,48,50). The second kappa shape index (κ2) is 14.9. The number of halogens is 3. The molecular formula is C42H44ClF2N7O4. The molecule has 0 radical (unpaired) electrons. The molecule has 56 heavy (non-hydrogen) atoms. The Bertz CT molecular complexity index is 2360. The Kier molecular flexibility index (Phi) is 10.1. The third-order valence-electron chi connectivity index (χ3n) is 12.4. The van der Waals surface area contributed by atoms with Crippen LogP contribution in [-0.2, 0) is 42.6 Å². The summed E-state index contributed by atoms with van der Waals surface area (Å²) in [4.78, 5) is 46.1. The van der Waals surface area contributed by atoms with E-state index in [9.17, 15) is 23.5 Å². The number of benzene rings is 2. The van der Waals surface area contributed by atoms with E-state index in [0.29, 0.717) is 39.8 Å². The Balaban J connectivity index is 0.979. The number of aliphatic hydroxyl groups is 1. The smallest absolute Gasteiger partial charge is 0.311 e. The molecule has 0 atom stereocenters. The van der Waals surface area contributed by atoms with E-state index < -0.39 is 12.2 Å². The molecule has 0 unspecified atom stereocenters. The van der Waals surface area contributed by atoms with Crippen molar-refractivity contribution in [1.82, 2.24) is 29.4 Å². The Morgan fingerprint density at radius 3 is 2.59 bits per heavy atom. The lowest BCUT2D eigenvalue weighted by Gasteiger charge is -2.32. The first-order valence-corrected chi connectivity index (χ1v) is 19.4. The van der Waals surface area contributed by atoms with Gasteiger partial charge in [0, 0.05) is 56.1 Å². The fourth-order valence-corrected chi connectivity index (χ4v) is 9.59. The van der Waals surface area contributed by atoms with Gasteiger partial charge >= 0.3 is 5.97 Å². The lowest BCUT2D eigenvalue weighted by Crippen LogP contribution is -2.34. The molecule has 0 saturated heterocycles. The Morgan fingerprint density at radius 2 is 1.84 bits per heavy atom. The molecule has 292 valence electrons. The van der Waals surface area contributed by atoms with Gasteiger partial charge in [-0.05, 0) is 91.8 Å². The van der Waals surface area contributed by atoms with Crippen molar-refractivity contribution in [1.29, 1.82) is 0 Å². The topological polar surface area (TPSA) is 135 Å². The molecule has 3 aliphatic rings. The molecule has 5 aromatic rings. The minimum absolute atomic E-state index is 0.0461. The van der Waals surface area contributed by atoms with Gasteiger partial charge in [0.1, 0.15) is 5.52 Å². The number of nitrogens with one attached hydrogen (secondary N) is 1. The summed E-state index contributed by atoms with van der Waals surface area (Å²) < 4.78 is 34.7. The number of hydrogen-bond donors (Lipinski definition) is 2. The number of aliphatic hydroxyl groups excluding tert-OH is 1. The van der Waals surface area contributed by atoms with Crippen LogP contribution in [0.4, 0.5) is 20.3 Å². The van der Waals surface area contributed by atoms with Crippen LogP contribution in [-0.4, -0.2) is 66.5 Å². The Labute approximate surface area is 328 Å². The van der Waals surface area contributed by atoms with Crippen molar-refractivity contribution in [3.8, 4) is 11.1 Å². The van der Waals surface area contributed by atoms with E-state index in [-0.39, 0.29) is 52.5 Å². The molecule has 8 rings (SSSR count). The number of esters is 1. The predicted molar refractivity (Wildman–Crippen MR) is 208 cm³/mol. The highest BCUT2D eigenvalue weighted by atomic mass is 35.5. The van der Waals surface area contributed by atoms with Crippen LogP contribution >= 0.6 is 11.6 Å². The molecule has 14 heteroatoms. The van der Waals surface area contributed by atoms with Crippen molar-refractivity contribution in [3.63, 3.8) is 0 Å². The van der Waals surface area contributed by atoms with Crippen molar-refractivity contribution in [2.45, 2.75) is 77.9 Å². The normalized spacial score (nSPS) is 20.5. The Hall–Kier alpha value is -4.85. The molecule has 2 N–H and O–H groups in total. The molecule has 2 aliphatic carbocycles. The fraction of sp³-hybridized carbons (Fsp3) is 0.429. The molecule has 2 saturated carbocycles. The van der Waals surface area contributed by atoms with E-state index in [1.54, 1.807) is 6.07 Å². The summed E-state index contributed by atoms with van der Waals surface area (Å²) in [7, 11) is 3.40. The van der Waals surface area contributed by atoms with Gasteiger partial charge in [-0.1, -0.05) is 41.9 Å². The number of rotatable bonds is 12. The number of pyridine rings is 1. The van der Waals surface area contributed by atoms with Crippen LogP contribution in [0.2, 0.25) is 5.02 Å². The zero-order chi connectivity index (χ0) is 39.4. The summed E-state index contributed by atoms with van der Waals surface area (Å²) in [6, 6.07) is 12.6. The summed E-state index contributed by atoms with van der Waals surface area (Å²) >= 11 is 7.06. The predicted octanol–water partition coefficient (Wildman–Crippen LogP) is 7.86. The monoisotopic (exact) mass is 783 g/mol. The Morgan fingerprint density at radius 1 is 1.07 bits per heavy atom. The summed E-state index contributed by atoms with van der Waals surface area (Å²) in [5, 5.41) is 13.2. The van der Waals surface area contributed by atoms with E-state index in [2.05, 4.69) is 25.2 Å². The molecule has 4 heterocycles. The van der Waals surface area contributed by atoms with Gasteiger partial charge in [-0.15, -0.1) is 0 Å². The molecule has 0 spiro atoms. The second-order valence-electron chi connectivity index (χ2n) is 15.7. The number of methoxy groups -OCH3 is 1. The van der Waals surface area contributed by atoms with Crippen LogP contribution in [0.15, 0.2) is 48.7 Å². The molecule has 2 aromatic carbocycles. The minimum Gasteiger partial charge on any atom is -0.469 e. The van der Waals surface area contributed by atoms with E-state index in [1.807, 2.05) is 48.9 Å². The van der Waals surface area contributed by atoms with Gasteiger partial charge in [0.05, 0.1) is 35.4 Å². The highest BCUT2D eigenvalue weighted by molar-refractivity contribution is 6.34. The molecule has 2 bridgehead atoms. The van der Waals surface area contributed by atoms with E-state index in [4.69, 9.17) is 21.3 Å². The minimum atomic E-state index is -2.91. The first-order chi connectivity index (χ1) is 26.9. The lowest BCUT2D eigenvalue weighted by atomic mass is 9.80. The average molecular weight is 784 g/mol. The van der Waals surface area contributed by atoms with E-state index in [0.717, 1.165) is 80.6 Å². The first-order valence-electron chi connectivity index (χ1n) is 19.0. The quantitative estimate of drug-likeness (QED) is 0.0952. The van der Waals surface area contributed by atoms with Crippen molar-refractivity contribution in [2.75, 3.05) is 25.5 Å². The number of carbonyl (C=O) groups excluding carboxylic acids is 2. The number of anilines is 2. The SMILES string of the molecule is COC(=O)C12CCC(CCN3CCc4c(nc(C(=O)Cc5cccc(-c6cccc(Nc7nc(C(F)F)nc8cc(CO)cnc78)c6C)c5Cl)n4C)C3)(CC1)C2. The third kappa shape index (κ3) is 6.83. The zero-order valence-corrected chi connectivity index (χ0v) is 32.4. The maximum absolute atomic E-state index is 13.9. The zero-order valence-electron chi connectivity index (χ0n) is 31.7. The molecule has 2 fully saturated rings.